The second-order valence-corrected chi connectivity index (χ2v) is 8.01. The van der Waals surface area contributed by atoms with E-state index in [1.807, 2.05) is 48.6 Å². The normalized spacial score (nSPS) is 17.1. The lowest BCUT2D eigenvalue weighted by Crippen LogP contribution is -2.52. The van der Waals surface area contributed by atoms with Gasteiger partial charge < -0.3 is 5.32 Å². The molecule has 1 saturated heterocycles. The van der Waals surface area contributed by atoms with E-state index >= 15 is 0 Å². The molecule has 1 fully saturated rings. The average molecular weight is 380 g/mol. The minimum atomic E-state index is -0.116. The molecule has 2 aromatic carbocycles. The lowest BCUT2D eigenvalue weighted by Gasteiger charge is -2.37. The van der Waals surface area contributed by atoms with Gasteiger partial charge in [-0.1, -0.05) is 36.4 Å². The molecule has 0 saturated carbocycles. The van der Waals surface area contributed by atoms with E-state index in [2.05, 4.69) is 44.8 Å². The SMILES string of the molecule is C[C@@H](C(=O)Nc1ccccc1)N1CCN(Cc2csc3ccccc23)CC1. The molecule has 0 unspecified atom stereocenters. The summed E-state index contributed by atoms with van der Waals surface area (Å²) in [6, 6.07) is 18.2. The summed E-state index contributed by atoms with van der Waals surface area (Å²) >= 11 is 1.82. The van der Waals surface area contributed by atoms with Crippen molar-refractivity contribution in [1.82, 2.24) is 9.80 Å². The van der Waals surface area contributed by atoms with Crippen molar-refractivity contribution in [3.8, 4) is 0 Å². The maximum atomic E-state index is 12.5. The fourth-order valence-corrected chi connectivity index (χ4v) is 4.59. The highest BCUT2D eigenvalue weighted by molar-refractivity contribution is 7.17. The molecule has 0 spiro atoms. The lowest BCUT2D eigenvalue weighted by atomic mass is 10.1. The van der Waals surface area contributed by atoms with Gasteiger partial charge in [0.2, 0.25) is 5.91 Å². The zero-order valence-electron chi connectivity index (χ0n) is 15.6. The van der Waals surface area contributed by atoms with Crippen molar-refractivity contribution in [3.63, 3.8) is 0 Å². The molecule has 2 heterocycles. The Morgan fingerprint density at radius 1 is 1.04 bits per heavy atom. The quantitative estimate of drug-likeness (QED) is 0.727. The second kappa shape index (κ2) is 8.21. The van der Waals surface area contributed by atoms with Crippen LogP contribution in [0.15, 0.2) is 60.0 Å². The maximum absolute atomic E-state index is 12.5. The number of anilines is 1. The van der Waals surface area contributed by atoms with Crippen LogP contribution in [-0.4, -0.2) is 47.9 Å². The van der Waals surface area contributed by atoms with Crippen molar-refractivity contribution in [2.24, 2.45) is 0 Å². The molecule has 27 heavy (non-hydrogen) atoms. The molecule has 1 N–H and O–H groups in total. The number of nitrogens with zero attached hydrogens (tertiary/aromatic N) is 2. The van der Waals surface area contributed by atoms with Crippen molar-refractivity contribution in [2.45, 2.75) is 19.5 Å². The third-order valence-electron chi connectivity index (χ3n) is 5.33. The van der Waals surface area contributed by atoms with Crippen LogP contribution in [0.4, 0.5) is 5.69 Å². The number of para-hydroxylation sites is 1. The third kappa shape index (κ3) is 4.21. The van der Waals surface area contributed by atoms with E-state index in [1.165, 1.54) is 15.6 Å². The Labute approximate surface area is 164 Å². The first-order chi connectivity index (χ1) is 13.2. The number of hydrogen-bond acceptors (Lipinski definition) is 4. The number of piperazine rings is 1. The Balaban J connectivity index is 1.31. The van der Waals surface area contributed by atoms with Crippen molar-refractivity contribution in [2.75, 3.05) is 31.5 Å². The van der Waals surface area contributed by atoms with E-state index in [-0.39, 0.29) is 11.9 Å². The van der Waals surface area contributed by atoms with E-state index < -0.39 is 0 Å². The number of thiophene rings is 1. The molecule has 4 nitrogen and oxygen atoms in total. The highest BCUT2D eigenvalue weighted by Crippen LogP contribution is 2.27. The zero-order valence-corrected chi connectivity index (χ0v) is 16.4. The van der Waals surface area contributed by atoms with Gasteiger partial charge in [0.15, 0.2) is 0 Å². The van der Waals surface area contributed by atoms with Gasteiger partial charge in [-0.25, -0.2) is 0 Å². The van der Waals surface area contributed by atoms with Crippen LogP contribution in [0.5, 0.6) is 0 Å². The molecule has 0 radical (unpaired) electrons. The van der Waals surface area contributed by atoms with Gasteiger partial charge in [0.25, 0.3) is 0 Å². The number of amides is 1. The van der Waals surface area contributed by atoms with Crippen LogP contribution in [0.3, 0.4) is 0 Å². The topological polar surface area (TPSA) is 35.6 Å². The largest absolute Gasteiger partial charge is 0.325 e. The molecular weight excluding hydrogens is 354 g/mol. The summed E-state index contributed by atoms with van der Waals surface area (Å²) in [5, 5.41) is 6.67. The summed E-state index contributed by atoms with van der Waals surface area (Å²) in [7, 11) is 0. The van der Waals surface area contributed by atoms with Gasteiger partial charge >= 0.3 is 0 Å². The Morgan fingerprint density at radius 3 is 2.52 bits per heavy atom. The molecule has 3 aromatic rings. The fraction of sp³-hybridized carbons (Fsp3) is 0.318. The van der Waals surface area contributed by atoms with Gasteiger partial charge in [0.05, 0.1) is 6.04 Å². The number of nitrogens with one attached hydrogen (secondary N) is 1. The molecule has 1 atom stereocenters. The Kier molecular flexibility index (Phi) is 5.53. The molecule has 0 bridgehead atoms. The molecule has 1 aromatic heterocycles. The van der Waals surface area contributed by atoms with E-state index in [4.69, 9.17) is 0 Å². The monoisotopic (exact) mass is 379 g/mol. The molecule has 1 aliphatic rings. The zero-order chi connectivity index (χ0) is 18.6. The first-order valence-electron chi connectivity index (χ1n) is 9.48. The number of carbonyl (C=O) groups is 1. The predicted octanol–water partition coefficient (Wildman–Crippen LogP) is 4.05. The van der Waals surface area contributed by atoms with E-state index in [9.17, 15) is 4.79 Å². The van der Waals surface area contributed by atoms with Gasteiger partial charge in [-0.2, -0.15) is 0 Å². The summed E-state index contributed by atoms with van der Waals surface area (Å²) in [4.78, 5) is 17.3. The number of hydrogen-bond donors (Lipinski definition) is 1. The first kappa shape index (κ1) is 18.2. The average Bonchev–Trinajstić information content (AvgIpc) is 3.12. The van der Waals surface area contributed by atoms with Gasteiger partial charge in [-0.15, -0.1) is 11.3 Å². The first-order valence-corrected chi connectivity index (χ1v) is 10.4. The van der Waals surface area contributed by atoms with Crippen LogP contribution in [0.2, 0.25) is 0 Å². The summed E-state index contributed by atoms with van der Waals surface area (Å²) < 4.78 is 1.36. The minimum Gasteiger partial charge on any atom is -0.325 e. The predicted molar refractivity (Wildman–Crippen MR) is 113 cm³/mol. The Bertz CT molecular complexity index is 900. The molecule has 5 heteroatoms. The van der Waals surface area contributed by atoms with E-state index in [0.717, 1.165) is 38.4 Å². The highest BCUT2D eigenvalue weighted by atomic mass is 32.1. The van der Waals surface area contributed by atoms with Crippen LogP contribution in [0.1, 0.15) is 12.5 Å². The molecule has 140 valence electrons. The van der Waals surface area contributed by atoms with E-state index in [0.29, 0.717) is 0 Å². The van der Waals surface area contributed by atoms with Crippen molar-refractivity contribution >= 4 is 33.0 Å². The Hall–Kier alpha value is -2.21. The van der Waals surface area contributed by atoms with E-state index in [1.54, 1.807) is 0 Å². The smallest absolute Gasteiger partial charge is 0.241 e. The maximum Gasteiger partial charge on any atom is 0.241 e. The third-order valence-corrected chi connectivity index (χ3v) is 6.34. The van der Waals surface area contributed by atoms with Gasteiger partial charge in [-0.3, -0.25) is 14.6 Å². The summed E-state index contributed by atoms with van der Waals surface area (Å²) in [6.07, 6.45) is 0. The number of benzene rings is 2. The minimum absolute atomic E-state index is 0.0680. The van der Waals surface area contributed by atoms with Gasteiger partial charge in [-0.05, 0) is 41.5 Å². The summed E-state index contributed by atoms with van der Waals surface area (Å²) in [5.41, 5.74) is 2.27. The van der Waals surface area contributed by atoms with Gasteiger partial charge in [0.1, 0.15) is 0 Å². The lowest BCUT2D eigenvalue weighted by molar-refractivity contribution is -0.121. The highest BCUT2D eigenvalue weighted by Gasteiger charge is 2.25. The number of carbonyl (C=O) groups excluding carboxylic acids is 1. The van der Waals surface area contributed by atoms with Crippen molar-refractivity contribution < 1.29 is 4.79 Å². The molecule has 0 aliphatic carbocycles. The van der Waals surface area contributed by atoms with Gasteiger partial charge in [0, 0.05) is 43.1 Å². The summed E-state index contributed by atoms with van der Waals surface area (Å²) in [6.45, 7) is 6.82. The van der Waals surface area contributed by atoms with Crippen molar-refractivity contribution in [3.05, 3.63) is 65.5 Å². The molecule has 1 aliphatic heterocycles. The van der Waals surface area contributed by atoms with Crippen LogP contribution < -0.4 is 5.32 Å². The Morgan fingerprint density at radius 2 is 1.74 bits per heavy atom. The second-order valence-electron chi connectivity index (χ2n) is 7.10. The van der Waals surface area contributed by atoms with Crippen LogP contribution >= 0.6 is 11.3 Å². The number of fused-ring (bicyclic) bond motifs is 1. The fourth-order valence-electron chi connectivity index (χ4n) is 3.64. The molecule has 1 amide bonds. The van der Waals surface area contributed by atoms with Crippen molar-refractivity contribution in [1.29, 1.82) is 0 Å². The van der Waals surface area contributed by atoms with Crippen LogP contribution in [0.25, 0.3) is 10.1 Å². The summed E-state index contributed by atoms with van der Waals surface area (Å²) in [5.74, 6) is 0.0680. The van der Waals surface area contributed by atoms with Crippen LogP contribution in [0, 0.1) is 0 Å². The standard InChI is InChI=1S/C22H25N3OS/c1-17(22(26)23-19-7-3-2-4-8-19)25-13-11-24(12-14-25)15-18-16-27-21-10-6-5-9-20(18)21/h2-10,16-17H,11-15H2,1H3,(H,23,26)/t17-/m0/s1. The molecule has 4 rings (SSSR count). The number of rotatable bonds is 5. The molecular formula is C22H25N3OS. The van der Waals surface area contributed by atoms with Crippen LogP contribution in [-0.2, 0) is 11.3 Å².